The molecule has 2 aromatic rings. The number of carboxylic acid groups (broad SMARTS) is 1. The number of benzene rings is 2. The minimum absolute atomic E-state index is 0.267. The molecule has 0 radical (unpaired) electrons. The monoisotopic (exact) mass is 252 g/mol. The number of hydrogen-bond acceptors (Lipinski definition) is 3. The number of aromatic carboxylic acids is 1. The van der Waals surface area contributed by atoms with Crippen LogP contribution < -0.4 is 5.32 Å². The van der Waals surface area contributed by atoms with Gasteiger partial charge in [-0.25, -0.2) is 4.79 Å². The van der Waals surface area contributed by atoms with E-state index in [0.29, 0.717) is 5.56 Å². The Labute approximate surface area is 110 Å². The van der Waals surface area contributed by atoms with Crippen molar-refractivity contribution in [1.29, 1.82) is 5.26 Å². The number of aryl methyl sites for hydroxylation is 1. The van der Waals surface area contributed by atoms with E-state index >= 15 is 0 Å². The fraction of sp³-hybridized carbons (Fsp3) is 0.0667. The van der Waals surface area contributed by atoms with E-state index in [-0.39, 0.29) is 5.56 Å². The van der Waals surface area contributed by atoms with Crippen LogP contribution in [0.15, 0.2) is 42.5 Å². The van der Waals surface area contributed by atoms with Gasteiger partial charge in [-0.3, -0.25) is 0 Å². The molecule has 0 saturated carbocycles. The Balaban J connectivity index is 2.23. The Bertz CT molecular complexity index is 655. The SMILES string of the molecule is Cc1cc(C(=O)O)ccc1Nc1ccc(C#N)cc1. The summed E-state index contributed by atoms with van der Waals surface area (Å²) in [6, 6.07) is 14.0. The molecular weight excluding hydrogens is 240 g/mol. The van der Waals surface area contributed by atoms with Gasteiger partial charge in [0.1, 0.15) is 0 Å². The van der Waals surface area contributed by atoms with Crippen LogP contribution in [-0.4, -0.2) is 11.1 Å². The minimum atomic E-state index is -0.937. The van der Waals surface area contributed by atoms with Crippen LogP contribution in [0.25, 0.3) is 0 Å². The molecule has 0 aromatic heterocycles. The molecule has 0 bridgehead atoms. The number of nitrogens with one attached hydrogen (secondary N) is 1. The Hall–Kier alpha value is -2.80. The summed E-state index contributed by atoms with van der Waals surface area (Å²) in [4.78, 5) is 10.8. The molecule has 2 aromatic carbocycles. The molecule has 94 valence electrons. The van der Waals surface area contributed by atoms with Crippen LogP contribution >= 0.6 is 0 Å². The molecule has 4 heteroatoms. The number of hydrogen-bond donors (Lipinski definition) is 2. The second kappa shape index (κ2) is 5.23. The normalized spacial score (nSPS) is 9.68. The molecule has 0 saturated heterocycles. The van der Waals surface area contributed by atoms with Gasteiger partial charge in [0.05, 0.1) is 17.2 Å². The zero-order chi connectivity index (χ0) is 13.8. The fourth-order valence-corrected chi connectivity index (χ4v) is 1.72. The van der Waals surface area contributed by atoms with Gasteiger partial charge < -0.3 is 10.4 Å². The van der Waals surface area contributed by atoms with Gasteiger partial charge in [0, 0.05) is 11.4 Å². The number of carboxylic acids is 1. The molecule has 0 aliphatic carbocycles. The maximum Gasteiger partial charge on any atom is 0.335 e. The fourth-order valence-electron chi connectivity index (χ4n) is 1.72. The third-order valence-corrected chi connectivity index (χ3v) is 2.77. The van der Waals surface area contributed by atoms with E-state index in [1.807, 2.05) is 19.1 Å². The highest BCUT2D eigenvalue weighted by Crippen LogP contribution is 2.21. The summed E-state index contributed by atoms with van der Waals surface area (Å²) in [5.74, 6) is -0.937. The Kier molecular flexibility index (Phi) is 3.48. The minimum Gasteiger partial charge on any atom is -0.478 e. The third kappa shape index (κ3) is 2.90. The van der Waals surface area contributed by atoms with E-state index in [4.69, 9.17) is 10.4 Å². The van der Waals surface area contributed by atoms with Gasteiger partial charge >= 0.3 is 5.97 Å². The molecule has 0 unspecified atom stereocenters. The van der Waals surface area contributed by atoms with Crippen LogP contribution in [0.5, 0.6) is 0 Å². The van der Waals surface area contributed by atoms with E-state index in [0.717, 1.165) is 16.9 Å². The van der Waals surface area contributed by atoms with Crippen LogP contribution in [0, 0.1) is 18.3 Å². The molecule has 0 atom stereocenters. The maximum atomic E-state index is 10.8. The first-order valence-corrected chi connectivity index (χ1v) is 5.71. The van der Waals surface area contributed by atoms with Crippen molar-refractivity contribution in [3.05, 3.63) is 59.2 Å². The Morgan fingerprint density at radius 2 is 1.89 bits per heavy atom. The predicted molar refractivity (Wildman–Crippen MR) is 72.6 cm³/mol. The third-order valence-electron chi connectivity index (χ3n) is 2.77. The van der Waals surface area contributed by atoms with Crippen molar-refractivity contribution in [1.82, 2.24) is 0 Å². The summed E-state index contributed by atoms with van der Waals surface area (Å²) in [6.45, 7) is 1.85. The molecule has 2 N–H and O–H groups in total. The first kappa shape index (κ1) is 12.7. The van der Waals surface area contributed by atoms with E-state index < -0.39 is 5.97 Å². The van der Waals surface area contributed by atoms with E-state index in [2.05, 4.69) is 11.4 Å². The number of anilines is 2. The summed E-state index contributed by atoms with van der Waals surface area (Å²) in [7, 11) is 0. The topological polar surface area (TPSA) is 73.1 Å². The van der Waals surface area contributed by atoms with Crippen molar-refractivity contribution >= 4 is 17.3 Å². The summed E-state index contributed by atoms with van der Waals surface area (Å²) in [6.07, 6.45) is 0. The second-order valence-corrected chi connectivity index (χ2v) is 4.15. The molecule has 0 aliphatic rings. The molecule has 2 rings (SSSR count). The van der Waals surface area contributed by atoms with E-state index in [1.165, 1.54) is 0 Å². The Morgan fingerprint density at radius 3 is 2.42 bits per heavy atom. The van der Waals surface area contributed by atoms with Crippen molar-refractivity contribution in [2.75, 3.05) is 5.32 Å². The highest BCUT2D eigenvalue weighted by atomic mass is 16.4. The number of nitrogens with zero attached hydrogens (tertiary/aromatic N) is 1. The summed E-state index contributed by atoms with van der Waals surface area (Å²) in [5.41, 5.74) is 3.41. The number of rotatable bonds is 3. The molecule has 0 amide bonds. The first-order chi connectivity index (χ1) is 9.10. The standard InChI is InChI=1S/C15H12N2O2/c1-10-8-12(15(18)19)4-7-14(10)17-13-5-2-11(9-16)3-6-13/h2-8,17H,1H3,(H,18,19). The largest absolute Gasteiger partial charge is 0.478 e. The lowest BCUT2D eigenvalue weighted by Gasteiger charge is -2.10. The van der Waals surface area contributed by atoms with Crippen molar-refractivity contribution in [2.24, 2.45) is 0 Å². The average Bonchev–Trinajstić information content (AvgIpc) is 2.41. The van der Waals surface area contributed by atoms with Crippen molar-refractivity contribution < 1.29 is 9.90 Å². The van der Waals surface area contributed by atoms with Gasteiger partial charge in [-0.2, -0.15) is 5.26 Å². The van der Waals surface area contributed by atoms with Gasteiger partial charge in [-0.1, -0.05) is 0 Å². The molecule has 0 spiro atoms. The molecule has 0 aliphatic heterocycles. The maximum absolute atomic E-state index is 10.8. The average molecular weight is 252 g/mol. The zero-order valence-electron chi connectivity index (χ0n) is 10.3. The lowest BCUT2D eigenvalue weighted by atomic mass is 10.1. The quantitative estimate of drug-likeness (QED) is 0.878. The molecule has 0 heterocycles. The van der Waals surface area contributed by atoms with Crippen LogP contribution in [0.3, 0.4) is 0 Å². The van der Waals surface area contributed by atoms with Gasteiger partial charge in [0.15, 0.2) is 0 Å². The van der Waals surface area contributed by atoms with Crippen LogP contribution in [-0.2, 0) is 0 Å². The summed E-state index contributed by atoms with van der Waals surface area (Å²) < 4.78 is 0. The highest BCUT2D eigenvalue weighted by molar-refractivity contribution is 5.88. The number of carbonyl (C=O) groups is 1. The summed E-state index contributed by atoms with van der Waals surface area (Å²) in [5, 5.41) is 20.8. The second-order valence-electron chi connectivity index (χ2n) is 4.15. The van der Waals surface area contributed by atoms with E-state index in [1.54, 1.807) is 30.3 Å². The molecular formula is C15H12N2O2. The summed E-state index contributed by atoms with van der Waals surface area (Å²) >= 11 is 0. The van der Waals surface area contributed by atoms with Crippen LogP contribution in [0.2, 0.25) is 0 Å². The predicted octanol–water partition coefficient (Wildman–Crippen LogP) is 3.31. The van der Waals surface area contributed by atoms with Gasteiger partial charge in [-0.05, 0) is 55.0 Å². The van der Waals surface area contributed by atoms with Crippen LogP contribution in [0.1, 0.15) is 21.5 Å². The highest BCUT2D eigenvalue weighted by Gasteiger charge is 2.05. The van der Waals surface area contributed by atoms with Gasteiger partial charge in [-0.15, -0.1) is 0 Å². The smallest absolute Gasteiger partial charge is 0.335 e. The van der Waals surface area contributed by atoms with Gasteiger partial charge in [0.25, 0.3) is 0 Å². The number of nitriles is 1. The van der Waals surface area contributed by atoms with Crippen molar-refractivity contribution in [2.45, 2.75) is 6.92 Å². The first-order valence-electron chi connectivity index (χ1n) is 5.71. The van der Waals surface area contributed by atoms with Crippen molar-refractivity contribution in [3.63, 3.8) is 0 Å². The van der Waals surface area contributed by atoms with E-state index in [9.17, 15) is 4.79 Å². The molecule has 0 fully saturated rings. The molecule has 19 heavy (non-hydrogen) atoms. The molecule has 4 nitrogen and oxygen atoms in total. The van der Waals surface area contributed by atoms with Crippen molar-refractivity contribution in [3.8, 4) is 6.07 Å². The zero-order valence-corrected chi connectivity index (χ0v) is 10.3. The Morgan fingerprint density at radius 1 is 1.21 bits per heavy atom. The lowest BCUT2D eigenvalue weighted by molar-refractivity contribution is 0.0697. The van der Waals surface area contributed by atoms with Crippen LogP contribution in [0.4, 0.5) is 11.4 Å². The lowest BCUT2D eigenvalue weighted by Crippen LogP contribution is -1.99. The van der Waals surface area contributed by atoms with Gasteiger partial charge in [0.2, 0.25) is 0 Å².